The Bertz CT molecular complexity index is 400. The lowest BCUT2D eigenvalue weighted by atomic mass is 10.3. The van der Waals surface area contributed by atoms with Crippen LogP contribution in [0.2, 0.25) is 5.02 Å². The summed E-state index contributed by atoms with van der Waals surface area (Å²) in [5.74, 6) is 0.0687. The van der Waals surface area contributed by atoms with E-state index in [2.05, 4.69) is 9.59 Å². The van der Waals surface area contributed by atoms with E-state index in [0.717, 1.165) is 11.5 Å². The molecule has 0 bridgehead atoms. The molecule has 11 heavy (non-hydrogen) atoms. The average molecular weight is 187 g/mol. The minimum atomic E-state index is 0.0687. The van der Waals surface area contributed by atoms with Gasteiger partial charge in [0.2, 0.25) is 0 Å². The van der Waals surface area contributed by atoms with Crippen molar-refractivity contribution in [3.63, 3.8) is 0 Å². The van der Waals surface area contributed by atoms with E-state index in [4.69, 9.17) is 11.6 Å². The fraction of sp³-hybridized carbons (Fsp3) is 0. The van der Waals surface area contributed by atoms with Crippen LogP contribution in [-0.2, 0) is 0 Å². The molecule has 0 saturated carbocycles. The van der Waals surface area contributed by atoms with Crippen LogP contribution in [0.4, 0.5) is 0 Å². The molecule has 1 heterocycles. The molecule has 0 spiro atoms. The third kappa shape index (κ3) is 0.948. The van der Waals surface area contributed by atoms with Crippen molar-refractivity contribution in [2.75, 3.05) is 0 Å². The van der Waals surface area contributed by atoms with Crippen LogP contribution in [0.25, 0.3) is 10.2 Å². The first-order valence-corrected chi connectivity index (χ1v) is 4.03. The molecule has 0 fully saturated rings. The molecule has 2 aromatic rings. The van der Waals surface area contributed by atoms with E-state index in [9.17, 15) is 5.11 Å². The Morgan fingerprint density at radius 1 is 1.45 bits per heavy atom. The van der Waals surface area contributed by atoms with Crippen molar-refractivity contribution in [1.29, 1.82) is 0 Å². The largest absolute Gasteiger partial charge is 0.505 e. The molecule has 0 aliphatic heterocycles. The number of phenolic OH excluding ortho intramolecular Hbond substituents is 1. The molecule has 0 aliphatic carbocycles. The first kappa shape index (κ1) is 6.82. The first-order valence-electron chi connectivity index (χ1n) is 2.88. The van der Waals surface area contributed by atoms with E-state index in [-0.39, 0.29) is 5.75 Å². The number of phenols is 1. The first-order chi connectivity index (χ1) is 5.29. The quantitative estimate of drug-likeness (QED) is 0.685. The molecule has 1 aromatic heterocycles. The molecular formula is C6H3ClN2OS. The van der Waals surface area contributed by atoms with E-state index in [1.165, 1.54) is 0 Å². The van der Waals surface area contributed by atoms with E-state index < -0.39 is 0 Å². The molecular weight excluding hydrogens is 184 g/mol. The second-order valence-corrected chi connectivity index (χ2v) is 3.18. The highest BCUT2D eigenvalue weighted by molar-refractivity contribution is 7.13. The van der Waals surface area contributed by atoms with Crippen LogP contribution in [0.3, 0.4) is 0 Å². The number of halogens is 1. The molecule has 0 amide bonds. The second-order valence-electron chi connectivity index (χ2n) is 2.02. The van der Waals surface area contributed by atoms with Crippen molar-refractivity contribution in [1.82, 2.24) is 9.59 Å². The maximum Gasteiger partial charge on any atom is 0.155 e. The van der Waals surface area contributed by atoms with Crippen LogP contribution < -0.4 is 0 Å². The standard InChI is InChI=1S/C6H3ClN2OS/c7-3-1-2-4-6(5(3)10)11-9-8-4/h1-2,10H. The molecule has 0 saturated heterocycles. The third-order valence-electron chi connectivity index (χ3n) is 1.34. The number of nitrogens with zero attached hydrogens (tertiary/aromatic N) is 2. The molecule has 0 radical (unpaired) electrons. The predicted octanol–water partition coefficient (Wildman–Crippen LogP) is 2.05. The van der Waals surface area contributed by atoms with Crippen molar-refractivity contribution in [2.24, 2.45) is 0 Å². The Morgan fingerprint density at radius 3 is 3.09 bits per heavy atom. The summed E-state index contributed by atoms with van der Waals surface area (Å²) in [6.07, 6.45) is 0. The molecule has 0 aliphatic rings. The van der Waals surface area contributed by atoms with Gasteiger partial charge in [-0.15, -0.1) is 5.10 Å². The fourth-order valence-corrected chi connectivity index (χ4v) is 1.63. The van der Waals surface area contributed by atoms with Crippen molar-refractivity contribution in [3.05, 3.63) is 17.2 Å². The van der Waals surface area contributed by atoms with Crippen LogP contribution in [-0.4, -0.2) is 14.7 Å². The maximum atomic E-state index is 9.35. The van der Waals surface area contributed by atoms with Gasteiger partial charge in [0.25, 0.3) is 0 Å². The van der Waals surface area contributed by atoms with Crippen LogP contribution in [0.5, 0.6) is 5.75 Å². The normalized spacial score (nSPS) is 10.6. The zero-order valence-corrected chi connectivity index (χ0v) is 6.85. The minimum absolute atomic E-state index is 0.0687. The number of aromatic nitrogens is 2. The summed E-state index contributed by atoms with van der Waals surface area (Å²) in [4.78, 5) is 0. The molecule has 5 heteroatoms. The van der Waals surface area contributed by atoms with Crippen LogP contribution in [0.1, 0.15) is 0 Å². The van der Waals surface area contributed by atoms with Gasteiger partial charge in [-0.2, -0.15) is 0 Å². The minimum Gasteiger partial charge on any atom is -0.505 e. The number of fused-ring (bicyclic) bond motifs is 1. The van der Waals surface area contributed by atoms with Gasteiger partial charge in [-0.3, -0.25) is 0 Å². The topological polar surface area (TPSA) is 46.0 Å². The highest BCUT2D eigenvalue weighted by Crippen LogP contribution is 2.32. The predicted molar refractivity (Wildman–Crippen MR) is 44.1 cm³/mol. The molecule has 3 nitrogen and oxygen atoms in total. The summed E-state index contributed by atoms with van der Waals surface area (Å²) in [5, 5.41) is 13.5. The highest BCUT2D eigenvalue weighted by atomic mass is 35.5. The number of hydrogen-bond donors (Lipinski definition) is 1. The Kier molecular flexibility index (Phi) is 1.44. The van der Waals surface area contributed by atoms with Gasteiger partial charge in [0, 0.05) is 0 Å². The lowest BCUT2D eigenvalue weighted by molar-refractivity contribution is 0.483. The van der Waals surface area contributed by atoms with Gasteiger partial charge in [-0.25, -0.2) is 0 Å². The number of hydrogen-bond acceptors (Lipinski definition) is 4. The van der Waals surface area contributed by atoms with Gasteiger partial charge >= 0.3 is 0 Å². The van der Waals surface area contributed by atoms with Gasteiger partial charge in [0.05, 0.1) is 5.02 Å². The summed E-state index contributed by atoms with van der Waals surface area (Å²) in [7, 11) is 0. The van der Waals surface area contributed by atoms with E-state index in [1.807, 2.05) is 0 Å². The molecule has 1 aromatic carbocycles. The Labute approximate surface area is 71.4 Å². The summed E-state index contributed by atoms with van der Waals surface area (Å²) in [5.41, 5.74) is 0.678. The molecule has 1 N–H and O–H groups in total. The number of rotatable bonds is 0. The van der Waals surface area contributed by atoms with Gasteiger partial charge < -0.3 is 5.11 Å². The lowest BCUT2D eigenvalue weighted by Crippen LogP contribution is -1.70. The number of aromatic hydroxyl groups is 1. The van der Waals surface area contributed by atoms with Gasteiger partial charge in [0.1, 0.15) is 10.2 Å². The van der Waals surface area contributed by atoms with Crippen LogP contribution >= 0.6 is 23.1 Å². The average Bonchev–Trinajstić information content (AvgIpc) is 2.45. The SMILES string of the molecule is Oc1c(Cl)ccc2nnsc12. The Morgan fingerprint density at radius 2 is 2.27 bits per heavy atom. The Balaban J connectivity index is 2.93. The van der Waals surface area contributed by atoms with E-state index >= 15 is 0 Å². The second kappa shape index (κ2) is 2.32. The molecule has 2 rings (SSSR count). The van der Waals surface area contributed by atoms with Crippen molar-refractivity contribution in [3.8, 4) is 5.75 Å². The van der Waals surface area contributed by atoms with Crippen molar-refractivity contribution < 1.29 is 5.11 Å². The van der Waals surface area contributed by atoms with Gasteiger partial charge in [-0.1, -0.05) is 16.1 Å². The van der Waals surface area contributed by atoms with E-state index in [0.29, 0.717) is 15.2 Å². The lowest BCUT2D eigenvalue weighted by Gasteiger charge is -1.93. The zero-order chi connectivity index (χ0) is 7.84. The fourth-order valence-electron chi connectivity index (χ4n) is 0.810. The summed E-state index contributed by atoms with van der Waals surface area (Å²) in [6, 6.07) is 3.32. The van der Waals surface area contributed by atoms with Gasteiger partial charge in [-0.05, 0) is 23.7 Å². The van der Waals surface area contributed by atoms with Crippen LogP contribution in [0.15, 0.2) is 12.1 Å². The van der Waals surface area contributed by atoms with E-state index in [1.54, 1.807) is 12.1 Å². The molecule has 0 atom stereocenters. The zero-order valence-electron chi connectivity index (χ0n) is 5.28. The number of benzene rings is 1. The molecule has 56 valence electrons. The highest BCUT2D eigenvalue weighted by Gasteiger charge is 2.06. The Hall–Kier alpha value is -0.870. The summed E-state index contributed by atoms with van der Waals surface area (Å²) >= 11 is 6.78. The third-order valence-corrected chi connectivity index (χ3v) is 2.40. The molecule has 0 unspecified atom stereocenters. The van der Waals surface area contributed by atoms with Gasteiger partial charge in [0.15, 0.2) is 5.75 Å². The van der Waals surface area contributed by atoms with Crippen LogP contribution in [0, 0.1) is 0 Å². The summed E-state index contributed by atoms with van der Waals surface area (Å²) < 4.78 is 4.31. The van der Waals surface area contributed by atoms with Crippen molar-refractivity contribution in [2.45, 2.75) is 0 Å². The maximum absolute atomic E-state index is 9.35. The van der Waals surface area contributed by atoms with Crippen molar-refractivity contribution >= 4 is 33.4 Å². The monoisotopic (exact) mass is 186 g/mol. The smallest absolute Gasteiger partial charge is 0.155 e. The summed E-state index contributed by atoms with van der Waals surface area (Å²) in [6.45, 7) is 0.